The fourth-order valence-corrected chi connectivity index (χ4v) is 3.36. The van der Waals surface area contributed by atoms with Crippen LogP contribution in [0.3, 0.4) is 0 Å². The second kappa shape index (κ2) is 7.19. The molecule has 2 saturated heterocycles. The lowest BCUT2D eigenvalue weighted by molar-refractivity contribution is -0.253. The average Bonchev–Trinajstić information content (AvgIpc) is 2.97. The van der Waals surface area contributed by atoms with E-state index in [1.54, 1.807) is 0 Å². The highest BCUT2D eigenvalue weighted by atomic mass is 16.6. The first-order chi connectivity index (χ1) is 12.2. The molecular weight excluding hydrogens is 352 g/mol. The number of rotatable bonds is 3. The second-order valence-electron chi connectivity index (χ2n) is 6.64. The van der Waals surface area contributed by atoms with E-state index in [2.05, 4.69) is 4.98 Å². The maximum Gasteiger partial charge on any atom is 0.330 e. The highest BCUT2D eigenvalue weighted by Crippen LogP contribution is 2.33. The first kappa shape index (κ1) is 19.2. The predicted molar refractivity (Wildman–Crippen MR) is 84.2 cm³/mol. The summed E-state index contributed by atoms with van der Waals surface area (Å²) < 4.78 is 12.0. The Balaban J connectivity index is 1.77. The molecule has 0 saturated carbocycles. The molecule has 26 heavy (non-hydrogen) atoms. The smallest absolute Gasteiger partial charge is 0.330 e. The average molecular weight is 374 g/mol. The largest absolute Gasteiger partial charge is 0.390 e. The van der Waals surface area contributed by atoms with Crippen LogP contribution in [0.15, 0.2) is 21.9 Å². The van der Waals surface area contributed by atoms with Gasteiger partial charge in [0.15, 0.2) is 0 Å². The van der Waals surface area contributed by atoms with Crippen LogP contribution in [-0.4, -0.2) is 83.9 Å². The number of hydrogen-bond acceptors (Lipinski definition) is 9. The van der Waals surface area contributed by atoms with E-state index in [0.717, 1.165) is 10.6 Å². The van der Waals surface area contributed by atoms with Crippen LogP contribution in [0.5, 0.6) is 0 Å². The number of aromatic amines is 1. The zero-order valence-electron chi connectivity index (χ0n) is 13.9. The molecule has 0 bridgehead atoms. The maximum absolute atomic E-state index is 11.8. The lowest BCUT2D eigenvalue weighted by atomic mass is 9.90. The van der Waals surface area contributed by atoms with Crippen molar-refractivity contribution in [1.82, 2.24) is 9.55 Å². The van der Waals surface area contributed by atoms with Crippen LogP contribution in [0.1, 0.15) is 19.6 Å². The molecule has 11 heteroatoms. The second-order valence-corrected chi connectivity index (χ2v) is 6.64. The molecule has 3 rings (SSSR count). The zero-order valence-corrected chi connectivity index (χ0v) is 13.9. The summed E-state index contributed by atoms with van der Waals surface area (Å²) in [7, 11) is 0. The first-order valence-electron chi connectivity index (χ1n) is 8.23. The monoisotopic (exact) mass is 374 g/mol. The van der Waals surface area contributed by atoms with Gasteiger partial charge in [0.1, 0.15) is 42.9 Å². The van der Waals surface area contributed by atoms with E-state index in [0.29, 0.717) is 0 Å². The Morgan fingerprint density at radius 3 is 2.46 bits per heavy atom. The van der Waals surface area contributed by atoms with Gasteiger partial charge in [0.05, 0.1) is 12.2 Å². The van der Waals surface area contributed by atoms with Gasteiger partial charge in [-0.1, -0.05) is 0 Å². The zero-order chi connectivity index (χ0) is 19.2. The van der Waals surface area contributed by atoms with Gasteiger partial charge >= 0.3 is 5.69 Å². The van der Waals surface area contributed by atoms with Crippen LogP contribution in [0.4, 0.5) is 0 Å². The lowest BCUT2D eigenvalue weighted by Gasteiger charge is -2.42. The molecule has 9 atom stereocenters. The quantitative estimate of drug-likeness (QED) is 0.312. The van der Waals surface area contributed by atoms with Gasteiger partial charge in [-0.15, -0.1) is 0 Å². The van der Waals surface area contributed by atoms with E-state index in [1.165, 1.54) is 13.1 Å². The maximum atomic E-state index is 11.8. The van der Waals surface area contributed by atoms with Crippen LogP contribution in [0.2, 0.25) is 0 Å². The third-order valence-electron chi connectivity index (χ3n) is 4.86. The highest BCUT2D eigenvalue weighted by molar-refractivity contribution is 4.99. The van der Waals surface area contributed by atoms with Gasteiger partial charge in [0.25, 0.3) is 5.56 Å². The summed E-state index contributed by atoms with van der Waals surface area (Å²) in [5, 5.41) is 50.4. The first-order valence-corrected chi connectivity index (χ1v) is 8.23. The van der Waals surface area contributed by atoms with Crippen molar-refractivity contribution in [2.75, 3.05) is 0 Å². The van der Waals surface area contributed by atoms with Crippen molar-refractivity contribution in [2.24, 2.45) is 0 Å². The van der Waals surface area contributed by atoms with Crippen LogP contribution in [-0.2, 0) is 9.47 Å². The third kappa shape index (κ3) is 3.34. The number of aliphatic hydroxyl groups is 5. The topological polar surface area (TPSA) is 174 Å². The summed E-state index contributed by atoms with van der Waals surface area (Å²) >= 11 is 0. The minimum Gasteiger partial charge on any atom is -0.390 e. The summed E-state index contributed by atoms with van der Waals surface area (Å²) in [6.45, 7) is 1.47. The molecular formula is C15H22N2O9. The Morgan fingerprint density at radius 2 is 1.81 bits per heavy atom. The standard InChI is InChI=1S/C15H22N2O9/c1-5-9(20)10(21)11(22)14(25-5)12(23)13-6(18)4-8(26-13)17-3-2-7(19)16-15(17)24/h2-3,5-6,8-14,18,20-23H,4H2,1H3,(H,16,19,24)/t5-,6-,8+,9+,10+,11-,12?,13-,14?/m0/s1. The predicted octanol–water partition coefficient (Wildman–Crippen LogP) is -3.58. The van der Waals surface area contributed by atoms with Crippen molar-refractivity contribution in [3.8, 4) is 0 Å². The van der Waals surface area contributed by atoms with Crippen molar-refractivity contribution in [3.05, 3.63) is 33.1 Å². The number of ether oxygens (including phenoxy) is 2. The number of nitrogens with zero attached hydrogens (tertiary/aromatic N) is 1. The molecule has 1 aromatic rings. The number of hydrogen-bond donors (Lipinski definition) is 6. The summed E-state index contributed by atoms with van der Waals surface area (Å²) in [5.74, 6) is 0. The molecule has 0 amide bonds. The molecule has 6 N–H and O–H groups in total. The molecule has 0 aliphatic carbocycles. The molecule has 2 fully saturated rings. The number of aliphatic hydroxyl groups excluding tert-OH is 5. The molecule has 2 unspecified atom stereocenters. The number of H-pyrrole nitrogens is 1. The fraction of sp³-hybridized carbons (Fsp3) is 0.733. The van der Waals surface area contributed by atoms with Crippen molar-refractivity contribution >= 4 is 0 Å². The van der Waals surface area contributed by atoms with Gasteiger partial charge in [0, 0.05) is 18.7 Å². The number of aromatic nitrogens is 2. The van der Waals surface area contributed by atoms with E-state index in [1.807, 2.05) is 0 Å². The number of nitrogens with one attached hydrogen (secondary N) is 1. The van der Waals surface area contributed by atoms with E-state index in [-0.39, 0.29) is 6.42 Å². The van der Waals surface area contributed by atoms with Gasteiger partial charge in [-0.2, -0.15) is 0 Å². The van der Waals surface area contributed by atoms with Gasteiger partial charge in [-0.3, -0.25) is 14.3 Å². The van der Waals surface area contributed by atoms with Crippen LogP contribution in [0, 0.1) is 0 Å². The van der Waals surface area contributed by atoms with Crippen LogP contribution >= 0.6 is 0 Å². The van der Waals surface area contributed by atoms with E-state index < -0.39 is 66.3 Å². The van der Waals surface area contributed by atoms with Crippen molar-refractivity contribution in [1.29, 1.82) is 0 Å². The minimum atomic E-state index is -1.60. The van der Waals surface area contributed by atoms with E-state index >= 15 is 0 Å². The van der Waals surface area contributed by atoms with Crippen molar-refractivity contribution in [2.45, 2.75) is 68.4 Å². The highest BCUT2D eigenvalue weighted by Gasteiger charge is 2.50. The molecule has 146 valence electrons. The Bertz CT molecular complexity index is 749. The molecule has 0 radical (unpaired) electrons. The summed E-state index contributed by atoms with van der Waals surface area (Å²) in [4.78, 5) is 25.0. The van der Waals surface area contributed by atoms with E-state index in [4.69, 9.17) is 9.47 Å². The fourth-order valence-electron chi connectivity index (χ4n) is 3.36. The Labute approximate surface area is 147 Å². The van der Waals surface area contributed by atoms with Crippen LogP contribution in [0.25, 0.3) is 0 Å². The summed E-state index contributed by atoms with van der Waals surface area (Å²) in [6, 6.07) is 1.12. The Hall–Kier alpha value is -1.60. The Morgan fingerprint density at radius 1 is 1.12 bits per heavy atom. The molecule has 2 aliphatic rings. The molecule has 0 spiro atoms. The molecule has 1 aromatic heterocycles. The third-order valence-corrected chi connectivity index (χ3v) is 4.86. The summed E-state index contributed by atoms with van der Waals surface area (Å²) in [6.07, 6.45) is -10.3. The normalized spacial score (nSPS) is 41.9. The minimum absolute atomic E-state index is 0.0444. The van der Waals surface area contributed by atoms with Gasteiger partial charge in [0.2, 0.25) is 0 Å². The summed E-state index contributed by atoms with van der Waals surface area (Å²) in [5.41, 5.74) is -1.31. The van der Waals surface area contributed by atoms with Crippen LogP contribution < -0.4 is 11.2 Å². The van der Waals surface area contributed by atoms with E-state index in [9.17, 15) is 35.1 Å². The molecule has 0 aromatic carbocycles. The van der Waals surface area contributed by atoms with Gasteiger partial charge < -0.3 is 35.0 Å². The van der Waals surface area contributed by atoms with Crippen molar-refractivity contribution in [3.63, 3.8) is 0 Å². The molecule has 11 nitrogen and oxygen atoms in total. The van der Waals surface area contributed by atoms with Crippen molar-refractivity contribution < 1.29 is 35.0 Å². The van der Waals surface area contributed by atoms with Gasteiger partial charge in [-0.25, -0.2) is 4.79 Å². The van der Waals surface area contributed by atoms with Gasteiger partial charge in [-0.05, 0) is 6.92 Å². The Kier molecular flexibility index (Phi) is 5.30. The SMILES string of the molecule is C[C@@H]1OC(C(O)[C@H]2O[C@@H](n3ccc(=O)[nH]c3=O)C[C@@H]2O)[C@@H](O)[C@H](O)[C@@H]1O. The molecule has 3 heterocycles. The molecule has 2 aliphatic heterocycles. The lowest BCUT2D eigenvalue weighted by Crippen LogP contribution is -2.62.